The zero-order chi connectivity index (χ0) is 15.4. The molecule has 0 heterocycles. The number of rotatable bonds is 7. The lowest BCUT2D eigenvalue weighted by Crippen LogP contribution is -2.39. The summed E-state index contributed by atoms with van der Waals surface area (Å²) in [6.07, 6.45) is 2.03. The Morgan fingerprint density at radius 2 is 1.80 bits per heavy atom. The third kappa shape index (κ3) is 4.99. The molecule has 4 heteroatoms. The average Bonchev–Trinajstić information content (AvgIpc) is 2.34. The highest BCUT2D eigenvalue weighted by molar-refractivity contribution is 9.10. The summed E-state index contributed by atoms with van der Waals surface area (Å²) in [5.41, 5.74) is 1.21. The van der Waals surface area contributed by atoms with Crippen LogP contribution >= 0.6 is 15.9 Å². The molecule has 0 radical (unpaired) electrons. The maximum Gasteiger partial charge on any atom is 0.188 e. The van der Waals surface area contributed by atoms with Gasteiger partial charge in [-0.05, 0) is 55.6 Å². The van der Waals surface area contributed by atoms with Crippen LogP contribution in [0, 0.1) is 0 Å². The molecule has 1 aromatic carbocycles. The Bertz CT molecular complexity index is 409. The summed E-state index contributed by atoms with van der Waals surface area (Å²) in [6.45, 7) is 11.1. The van der Waals surface area contributed by atoms with Crippen LogP contribution in [0.25, 0.3) is 0 Å². The number of ether oxygens (including phenoxy) is 1. The lowest BCUT2D eigenvalue weighted by atomic mass is 9.99. The maximum atomic E-state index is 10.4. The normalized spacial score (nSPS) is 14.3. The summed E-state index contributed by atoms with van der Waals surface area (Å²) in [6, 6.07) is 8.33. The Kier molecular flexibility index (Phi) is 6.45. The molecule has 0 fully saturated rings. The van der Waals surface area contributed by atoms with Crippen LogP contribution < -0.4 is 0 Å². The van der Waals surface area contributed by atoms with E-state index in [0.29, 0.717) is 6.61 Å². The van der Waals surface area contributed by atoms with Crippen LogP contribution in [0.3, 0.4) is 0 Å². The minimum absolute atomic E-state index is 0.00227. The monoisotopic (exact) mass is 358 g/mol. The molecule has 0 amide bonds. The first kappa shape index (κ1) is 17.9. The van der Waals surface area contributed by atoms with E-state index >= 15 is 0 Å². The molecule has 114 valence electrons. The van der Waals surface area contributed by atoms with Crippen molar-refractivity contribution < 1.29 is 9.53 Å². The van der Waals surface area contributed by atoms with Gasteiger partial charge in [-0.2, -0.15) is 0 Å². The van der Waals surface area contributed by atoms with Gasteiger partial charge in [0.25, 0.3) is 0 Å². The van der Waals surface area contributed by atoms with E-state index in [-0.39, 0.29) is 11.1 Å². The molecule has 0 aliphatic heterocycles. The van der Waals surface area contributed by atoms with Crippen LogP contribution in [0.1, 0.15) is 45.3 Å². The second-order valence-corrected chi connectivity index (χ2v) is 11.9. The molecule has 0 saturated heterocycles. The first-order valence-electron chi connectivity index (χ1n) is 7.27. The summed E-state index contributed by atoms with van der Waals surface area (Å²) in [4.78, 5) is 10.4. The maximum absolute atomic E-state index is 10.4. The first-order valence-corrected chi connectivity index (χ1v) is 11.0. The Labute approximate surface area is 132 Å². The van der Waals surface area contributed by atoms with Crippen molar-refractivity contribution in [2.45, 2.75) is 57.8 Å². The van der Waals surface area contributed by atoms with E-state index in [0.717, 1.165) is 17.3 Å². The topological polar surface area (TPSA) is 29.5 Å². The van der Waals surface area contributed by atoms with Crippen molar-refractivity contribution in [3.63, 3.8) is 0 Å². The van der Waals surface area contributed by atoms with E-state index in [9.17, 15) is 4.80 Å². The molecular weight excluding hydrogens is 332 g/mol. The Balaban J connectivity index is 2.76. The van der Waals surface area contributed by atoms with Gasteiger partial charge in [0.15, 0.2) is 8.32 Å². The highest BCUT2D eigenvalue weighted by atomic mass is 79.9. The predicted octanol–water partition coefficient (Wildman–Crippen LogP) is 5.28. The fraction of sp³-hybridized carbons (Fsp3) is 0.625. The molecule has 1 rings (SSSR count). The lowest BCUT2D eigenvalue weighted by molar-refractivity contribution is 0.0522. The summed E-state index contributed by atoms with van der Waals surface area (Å²) < 4.78 is 6.98. The smallest absolute Gasteiger partial charge is 0.188 e. The summed E-state index contributed by atoms with van der Waals surface area (Å²) in [5.74, 6) is 0. The van der Waals surface area contributed by atoms with E-state index < -0.39 is 8.32 Å². The fourth-order valence-electron chi connectivity index (χ4n) is 2.02. The second-order valence-electron chi connectivity index (χ2n) is 6.48. The molecule has 0 saturated carbocycles. The summed E-state index contributed by atoms with van der Waals surface area (Å²) in [7, 11) is -2.15. The van der Waals surface area contributed by atoms with E-state index in [1.54, 1.807) is 0 Å². The van der Waals surface area contributed by atoms with Crippen LogP contribution in [-0.4, -0.2) is 19.7 Å². The summed E-state index contributed by atoms with van der Waals surface area (Å²) in [5, 5.41) is -0.00227. The van der Waals surface area contributed by atoms with Gasteiger partial charge in [0, 0.05) is 11.1 Å². The van der Waals surface area contributed by atoms with Crippen molar-refractivity contribution in [1.82, 2.24) is 0 Å². The zero-order valence-corrected chi connectivity index (χ0v) is 15.8. The molecular formula is C16H27BrO2Si. The first-order chi connectivity index (χ1) is 9.17. The molecule has 0 unspecified atom stereocenters. The van der Waals surface area contributed by atoms with Crippen molar-refractivity contribution in [2.75, 3.05) is 6.61 Å². The molecule has 0 aliphatic carbocycles. The van der Waals surface area contributed by atoms with Crippen LogP contribution in [0.15, 0.2) is 28.7 Å². The molecule has 2 nitrogen and oxygen atoms in total. The third-order valence-corrected chi connectivity index (χ3v) is 8.39. The number of halogens is 1. The van der Waals surface area contributed by atoms with E-state index in [1.807, 2.05) is 20.0 Å². The van der Waals surface area contributed by atoms with Crippen molar-refractivity contribution in [3.05, 3.63) is 34.3 Å². The van der Waals surface area contributed by atoms with Crippen LogP contribution in [-0.2, 0) is 4.74 Å². The molecule has 1 aromatic rings. The quantitative estimate of drug-likeness (QED) is 0.671. The van der Waals surface area contributed by atoms with E-state index in [1.165, 1.54) is 5.56 Å². The van der Waals surface area contributed by atoms with E-state index in [2.05, 4.69) is 54.0 Å². The predicted molar refractivity (Wildman–Crippen MR) is 91.5 cm³/mol. The van der Waals surface area contributed by atoms with E-state index in [4.69, 9.17) is 4.74 Å². The largest absolute Gasteiger partial charge is 0.432 e. The van der Waals surface area contributed by atoms with Gasteiger partial charge in [0.05, 0.1) is 6.10 Å². The number of hydrogen-bond acceptors (Lipinski definition) is 2. The van der Waals surface area contributed by atoms with Crippen molar-refractivity contribution in [1.29, 1.82) is 0 Å². The second kappa shape index (κ2) is 7.21. The van der Waals surface area contributed by atoms with Gasteiger partial charge >= 0.3 is 0 Å². The lowest BCUT2D eigenvalue weighted by Gasteiger charge is -2.36. The number of benzene rings is 1. The molecule has 0 spiro atoms. The molecule has 20 heavy (non-hydrogen) atoms. The average molecular weight is 359 g/mol. The van der Waals surface area contributed by atoms with Crippen LogP contribution in [0.4, 0.5) is 0 Å². The molecule has 0 bridgehead atoms. The van der Waals surface area contributed by atoms with Gasteiger partial charge in [-0.15, -0.1) is 0 Å². The van der Waals surface area contributed by atoms with Gasteiger partial charge in [0.2, 0.25) is 0 Å². The molecule has 1 atom stereocenters. The SMILES string of the molecule is CCO[C@@H](CCC(C)(C)[Si](C)(C)O)c1ccc(Br)cc1. The van der Waals surface area contributed by atoms with Crippen molar-refractivity contribution in [3.8, 4) is 0 Å². The van der Waals surface area contributed by atoms with Crippen molar-refractivity contribution in [2.24, 2.45) is 0 Å². The Morgan fingerprint density at radius 3 is 2.25 bits per heavy atom. The minimum Gasteiger partial charge on any atom is -0.432 e. The van der Waals surface area contributed by atoms with Gasteiger partial charge in [-0.3, -0.25) is 0 Å². The summed E-state index contributed by atoms with van der Waals surface area (Å²) >= 11 is 3.46. The zero-order valence-electron chi connectivity index (χ0n) is 13.2. The van der Waals surface area contributed by atoms with Crippen LogP contribution in [0.5, 0.6) is 0 Å². The van der Waals surface area contributed by atoms with Crippen LogP contribution in [0.2, 0.25) is 18.1 Å². The van der Waals surface area contributed by atoms with Gasteiger partial charge < -0.3 is 9.53 Å². The van der Waals surface area contributed by atoms with Gasteiger partial charge in [-0.25, -0.2) is 0 Å². The Morgan fingerprint density at radius 1 is 1.25 bits per heavy atom. The van der Waals surface area contributed by atoms with Gasteiger partial charge in [0.1, 0.15) is 0 Å². The number of hydrogen-bond donors (Lipinski definition) is 1. The molecule has 0 aliphatic rings. The Hall–Kier alpha value is -0.163. The fourth-order valence-corrected chi connectivity index (χ4v) is 3.04. The highest BCUT2D eigenvalue weighted by Gasteiger charge is 2.38. The minimum atomic E-state index is -2.15. The molecule has 0 aromatic heterocycles. The highest BCUT2D eigenvalue weighted by Crippen LogP contribution is 2.42. The molecule has 1 N–H and O–H groups in total. The van der Waals surface area contributed by atoms with Crippen molar-refractivity contribution >= 4 is 24.2 Å². The third-order valence-electron chi connectivity index (χ3n) is 4.30. The van der Waals surface area contributed by atoms with Gasteiger partial charge in [-0.1, -0.05) is 41.9 Å². The standard InChI is InChI=1S/C16H27BrO2Si/c1-6-19-15(13-7-9-14(17)10-8-13)11-12-16(2,3)20(4,5)18/h7-10,15,18H,6,11-12H2,1-5H3/t15-/m0/s1.